The van der Waals surface area contributed by atoms with Crippen LogP contribution in [0.25, 0.3) is 11.3 Å². The largest absolute Gasteiger partial charge is 0.383 e. The van der Waals surface area contributed by atoms with Crippen LogP contribution in [0.4, 0.5) is 5.82 Å². The molecule has 0 fully saturated rings. The SMILES string of the molecule is Nc1ncccc1-c1cncn1C1CC=CC1. The Morgan fingerprint density at radius 1 is 1.29 bits per heavy atom. The van der Waals surface area contributed by atoms with Gasteiger partial charge in [-0.3, -0.25) is 0 Å². The van der Waals surface area contributed by atoms with Crippen LogP contribution < -0.4 is 5.73 Å². The highest BCUT2D eigenvalue weighted by Gasteiger charge is 2.17. The second-order valence-corrected chi connectivity index (χ2v) is 4.22. The smallest absolute Gasteiger partial charge is 0.132 e. The number of aromatic nitrogens is 3. The fourth-order valence-corrected chi connectivity index (χ4v) is 2.27. The van der Waals surface area contributed by atoms with E-state index in [0.717, 1.165) is 24.1 Å². The van der Waals surface area contributed by atoms with Crippen LogP contribution in [0.1, 0.15) is 18.9 Å². The quantitative estimate of drug-likeness (QED) is 0.800. The van der Waals surface area contributed by atoms with Crippen molar-refractivity contribution in [3.05, 3.63) is 43.0 Å². The number of rotatable bonds is 2. The average molecular weight is 226 g/mol. The van der Waals surface area contributed by atoms with Gasteiger partial charge in [-0.2, -0.15) is 0 Å². The van der Waals surface area contributed by atoms with Crippen molar-refractivity contribution in [1.82, 2.24) is 14.5 Å². The second-order valence-electron chi connectivity index (χ2n) is 4.22. The van der Waals surface area contributed by atoms with E-state index < -0.39 is 0 Å². The zero-order valence-electron chi connectivity index (χ0n) is 9.45. The third kappa shape index (κ3) is 1.71. The minimum Gasteiger partial charge on any atom is -0.383 e. The fourth-order valence-electron chi connectivity index (χ4n) is 2.27. The Hall–Kier alpha value is -2.10. The summed E-state index contributed by atoms with van der Waals surface area (Å²) in [7, 11) is 0. The molecule has 2 heterocycles. The summed E-state index contributed by atoms with van der Waals surface area (Å²) in [6.45, 7) is 0. The predicted octanol–water partition coefficient (Wildman–Crippen LogP) is 2.42. The topological polar surface area (TPSA) is 56.7 Å². The van der Waals surface area contributed by atoms with Crippen molar-refractivity contribution in [2.75, 3.05) is 5.73 Å². The van der Waals surface area contributed by atoms with Crippen LogP contribution in [0.5, 0.6) is 0 Å². The van der Waals surface area contributed by atoms with E-state index in [1.54, 1.807) is 6.20 Å². The van der Waals surface area contributed by atoms with Gasteiger partial charge in [0.05, 0.1) is 18.2 Å². The summed E-state index contributed by atoms with van der Waals surface area (Å²) in [6.07, 6.45) is 12.0. The first-order valence-corrected chi connectivity index (χ1v) is 5.74. The molecule has 3 rings (SSSR count). The molecule has 0 unspecified atom stereocenters. The molecular weight excluding hydrogens is 212 g/mol. The molecule has 17 heavy (non-hydrogen) atoms. The number of hydrogen-bond acceptors (Lipinski definition) is 3. The van der Waals surface area contributed by atoms with Gasteiger partial charge in [0.2, 0.25) is 0 Å². The van der Waals surface area contributed by atoms with Gasteiger partial charge in [-0.25, -0.2) is 9.97 Å². The Kier molecular flexibility index (Phi) is 2.40. The Bertz CT molecular complexity index is 548. The highest BCUT2D eigenvalue weighted by atomic mass is 15.1. The molecule has 2 aromatic rings. The lowest BCUT2D eigenvalue weighted by molar-refractivity contribution is 0.540. The van der Waals surface area contributed by atoms with Crippen LogP contribution in [0.2, 0.25) is 0 Å². The molecule has 1 aliphatic rings. The van der Waals surface area contributed by atoms with Crippen LogP contribution in [0.3, 0.4) is 0 Å². The van der Waals surface area contributed by atoms with Crippen LogP contribution in [0.15, 0.2) is 43.0 Å². The van der Waals surface area contributed by atoms with Crippen molar-refractivity contribution in [2.45, 2.75) is 18.9 Å². The number of hydrogen-bond donors (Lipinski definition) is 1. The molecule has 2 aromatic heterocycles. The molecule has 1 aliphatic carbocycles. The first-order valence-electron chi connectivity index (χ1n) is 5.74. The molecule has 0 aliphatic heterocycles. The highest BCUT2D eigenvalue weighted by Crippen LogP contribution is 2.31. The summed E-state index contributed by atoms with van der Waals surface area (Å²) >= 11 is 0. The molecular formula is C13H14N4. The number of imidazole rings is 1. The zero-order valence-corrected chi connectivity index (χ0v) is 9.45. The first-order chi connectivity index (χ1) is 8.36. The number of nitrogens with zero attached hydrogens (tertiary/aromatic N) is 3. The van der Waals surface area contributed by atoms with E-state index in [0.29, 0.717) is 11.9 Å². The molecule has 2 N–H and O–H groups in total. The summed E-state index contributed by atoms with van der Waals surface area (Å²) in [6, 6.07) is 4.35. The molecule has 0 radical (unpaired) electrons. The molecule has 0 atom stereocenters. The molecule has 86 valence electrons. The Morgan fingerprint density at radius 2 is 2.12 bits per heavy atom. The Morgan fingerprint density at radius 3 is 2.88 bits per heavy atom. The lowest BCUT2D eigenvalue weighted by Crippen LogP contribution is -2.06. The molecule has 4 heteroatoms. The lowest BCUT2D eigenvalue weighted by Gasteiger charge is -2.15. The van der Waals surface area contributed by atoms with Crippen molar-refractivity contribution in [1.29, 1.82) is 0 Å². The maximum atomic E-state index is 5.91. The van der Waals surface area contributed by atoms with Gasteiger partial charge in [-0.05, 0) is 25.0 Å². The van der Waals surface area contributed by atoms with Crippen molar-refractivity contribution in [3.8, 4) is 11.3 Å². The molecule has 0 saturated carbocycles. The number of pyridine rings is 1. The normalized spacial score (nSPS) is 15.5. The average Bonchev–Trinajstić information content (AvgIpc) is 3.00. The van der Waals surface area contributed by atoms with Crippen LogP contribution in [-0.4, -0.2) is 14.5 Å². The zero-order chi connectivity index (χ0) is 11.7. The number of nitrogens with two attached hydrogens (primary N) is 1. The Balaban J connectivity index is 2.04. The van der Waals surface area contributed by atoms with Crippen molar-refractivity contribution < 1.29 is 0 Å². The van der Waals surface area contributed by atoms with Gasteiger partial charge in [0.1, 0.15) is 5.82 Å². The standard InChI is InChI=1S/C13H14N4/c14-13-11(6-3-7-16-13)12-8-15-9-17(12)10-4-1-2-5-10/h1-3,6-10H,4-5H2,(H2,14,16). The highest BCUT2D eigenvalue weighted by molar-refractivity contribution is 5.70. The van der Waals surface area contributed by atoms with Crippen LogP contribution in [-0.2, 0) is 0 Å². The van der Waals surface area contributed by atoms with E-state index in [1.807, 2.05) is 24.7 Å². The van der Waals surface area contributed by atoms with Gasteiger partial charge in [0.15, 0.2) is 0 Å². The van der Waals surface area contributed by atoms with Gasteiger partial charge in [-0.15, -0.1) is 0 Å². The monoisotopic (exact) mass is 226 g/mol. The van der Waals surface area contributed by atoms with Gasteiger partial charge in [-0.1, -0.05) is 12.2 Å². The summed E-state index contributed by atoms with van der Waals surface area (Å²) in [5, 5.41) is 0. The summed E-state index contributed by atoms with van der Waals surface area (Å²) < 4.78 is 2.19. The summed E-state index contributed by atoms with van der Waals surface area (Å²) in [4.78, 5) is 8.36. The number of allylic oxidation sites excluding steroid dienone is 2. The van der Waals surface area contributed by atoms with E-state index >= 15 is 0 Å². The molecule has 0 bridgehead atoms. The number of nitrogen functional groups attached to an aromatic ring is 1. The van der Waals surface area contributed by atoms with Crippen molar-refractivity contribution in [2.24, 2.45) is 0 Å². The van der Waals surface area contributed by atoms with E-state index in [-0.39, 0.29) is 0 Å². The molecule has 0 spiro atoms. The van der Waals surface area contributed by atoms with E-state index in [4.69, 9.17) is 5.73 Å². The molecule has 0 aromatic carbocycles. The maximum Gasteiger partial charge on any atom is 0.132 e. The minimum absolute atomic E-state index is 0.465. The summed E-state index contributed by atoms with van der Waals surface area (Å²) in [5.74, 6) is 0.556. The predicted molar refractivity (Wildman–Crippen MR) is 67.3 cm³/mol. The first kappa shape index (κ1) is 10.1. The van der Waals surface area contributed by atoms with E-state index in [2.05, 4.69) is 26.7 Å². The fraction of sp³-hybridized carbons (Fsp3) is 0.231. The van der Waals surface area contributed by atoms with Gasteiger partial charge < -0.3 is 10.3 Å². The van der Waals surface area contributed by atoms with Gasteiger partial charge in [0, 0.05) is 17.8 Å². The number of anilines is 1. The van der Waals surface area contributed by atoms with E-state index in [9.17, 15) is 0 Å². The lowest BCUT2D eigenvalue weighted by atomic mass is 10.1. The van der Waals surface area contributed by atoms with Crippen molar-refractivity contribution in [3.63, 3.8) is 0 Å². The molecule has 0 saturated heterocycles. The Labute approximate surface area is 99.8 Å². The second kappa shape index (κ2) is 4.05. The molecule has 4 nitrogen and oxygen atoms in total. The van der Waals surface area contributed by atoms with Gasteiger partial charge >= 0.3 is 0 Å². The van der Waals surface area contributed by atoms with Crippen molar-refractivity contribution >= 4 is 5.82 Å². The van der Waals surface area contributed by atoms with Gasteiger partial charge in [0.25, 0.3) is 0 Å². The maximum absolute atomic E-state index is 5.91. The minimum atomic E-state index is 0.465. The summed E-state index contributed by atoms with van der Waals surface area (Å²) in [5.41, 5.74) is 7.91. The van der Waals surface area contributed by atoms with Crippen LogP contribution in [0, 0.1) is 0 Å². The third-order valence-corrected chi connectivity index (χ3v) is 3.16. The van der Waals surface area contributed by atoms with Crippen LogP contribution >= 0.6 is 0 Å². The molecule has 0 amide bonds. The third-order valence-electron chi connectivity index (χ3n) is 3.16. The van der Waals surface area contributed by atoms with E-state index in [1.165, 1.54) is 0 Å².